The molecule has 92 valence electrons. The Labute approximate surface area is 109 Å². The van der Waals surface area contributed by atoms with Crippen LogP contribution in [0.25, 0.3) is 0 Å². The number of aromatic nitrogens is 1. The molecule has 18 heavy (non-hydrogen) atoms. The third kappa shape index (κ3) is 2.62. The lowest BCUT2D eigenvalue weighted by Gasteiger charge is -2.09. The van der Waals surface area contributed by atoms with Gasteiger partial charge in [0.1, 0.15) is 5.75 Å². The van der Waals surface area contributed by atoms with Gasteiger partial charge in [0.2, 0.25) is 0 Å². The van der Waals surface area contributed by atoms with E-state index in [0.29, 0.717) is 5.69 Å². The van der Waals surface area contributed by atoms with Crippen molar-refractivity contribution < 1.29 is 9.90 Å². The van der Waals surface area contributed by atoms with Gasteiger partial charge >= 0.3 is 0 Å². The van der Waals surface area contributed by atoms with E-state index in [1.54, 1.807) is 6.07 Å². The minimum absolute atomic E-state index is 0.0217. The molecule has 2 rings (SSSR count). The van der Waals surface area contributed by atoms with Crippen molar-refractivity contribution in [3.8, 4) is 5.75 Å². The first-order valence-corrected chi connectivity index (χ1v) is 6.53. The van der Waals surface area contributed by atoms with Crippen LogP contribution in [0.15, 0.2) is 47.5 Å². The molecule has 0 bridgehead atoms. The molecule has 0 saturated heterocycles. The summed E-state index contributed by atoms with van der Waals surface area (Å²) in [5.74, 6) is -0.550. The number of pyridine rings is 1. The normalized spacial score (nSPS) is 10.1. The van der Waals surface area contributed by atoms with Crippen LogP contribution in [-0.4, -0.2) is 22.3 Å². The topological polar surface area (TPSA) is 62.2 Å². The van der Waals surface area contributed by atoms with E-state index in [9.17, 15) is 9.90 Å². The van der Waals surface area contributed by atoms with Crippen molar-refractivity contribution in [3.05, 3.63) is 48.3 Å². The lowest BCUT2D eigenvalue weighted by Crippen LogP contribution is -2.14. The lowest BCUT2D eigenvalue weighted by molar-refractivity contribution is 0.101. The van der Waals surface area contributed by atoms with Gasteiger partial charge in [-0.25, -0.2) is 4.98 Å². The number of hydrogen-bond acceptors (Lipinski definition) is 4. The molecule has 0 unspecified atom stereocenters. The number of benzene rings is 1. The number of rotatable bonds is 3. The highest BCUT2D eigenvalue weighted by Gasteiger charge is 2.13. The largest absolute Gasteiger partial charge is 0.505 e. The number of carbonyl (C=O) groups is 1. The molecular formula is C13H12N2O2S. The first kappa shape index (κ1) is 12.4. The van der Waals surface area contributed by atoms with Crippen molar-refractivity contribution in [2.45, 2.75) is 4.90 Å². The quantitative estimate of drug-likeness (QED) is 0.833. The Morgan fingerprint density at radius 1 is 1.28 bits per heavy atom. The maximum atomic E-state index is 12.0. The Bertz CT molecular complexity index is 572. The monoisotopic (exact) mass is 260 g/mol. The molecule has 1 amide bonds. The summed E-state index contributed by atoms with van der Waals surface area (Å²) in [5, 5.41) is 12.3. The predicted molar refractivity (Wildman–Crippen MR) is 72.1 cm³/mol. The summed E-state index contributed by atoms with van der Waals surface area (Å²) in [6.45, 7) is 0. The van der Waals surface area contributed by atoms with Gasteiger partial charge in [0, 0.05) is 11.1 Å². The number of thioether (sulfide) groups is 1. The Morgan fingerprint density at radius 2 is 2.06 bits per heavy atom. The smallest absolute Gasteiger partial charge is 0.278 e. The molecule has 0 aliphatic heterocycles. The van der Waals surface area contributed by atoms with Crippen LogP contribution >= 0.6 is 11.8 Å². The second-order valence-electron chi connectivity index (χ2n) is 3.53. The van der Waals surface area contributed by atoms with Gasteiger partial charge in [-0.1, -0.05) is 12.1 Å². The number of nitrogens with one attached hydrogen (secondary N) is 1. The van der Waals surface area contributed by atoms with Crippen LogP contribution in [0.1, 0.15) is 10.5 Å². The van der Waals surface area contributed by atoms with E-state index in [2.05, 4.69) is 10.3 Å². The number of para-hydroxylation sites is 1. The van der Waals surface area contributed by atoms with Crippen molar-refractivity contribution >= 4 is 23.4 Å². The Balaban J connectivity index is 2.24. The van der Waals surface area contributed by atoms with Gasteiger partial charge in [-0.15, -0.1) is 11.8 Å². The predicted octanol–water partition coefficient (Wildman–Crippen LogP) is 2.76. The molecule has 0 aliphatic rings. The number of nitrogens with zero attached hydrogens (tertiary/aromatic N) is 1. The first-order valence-electron chi connectivity index (χ1n) is 5.30. The lowest BCUT2D eigenvalue weighted by atomic mass is 10.2. The summed E-state index contributed by atoms with van der Waals surface area (Å²) >= 11 is 1.54. The fourth-order valence-corrected chi connectivity index (χ4v) is 2.05. The highest BCUT2D eigenvalue weighted by molar-refractivity contribution is 7.98. The van der Waals surface area contributed by atoms with Crippen molar-refractivity contribution in [2.24, 2.45) is 0 Å². The molecule has 0 aliphatic carbocycles. The summed E-state index contributed by atoms with van der Waals surface area (Å²) in [4.78, 5) is 16.8. The highest BCUT2D eigenvalue weighted by atomic mass is 32.2. The van der Waals surface area contributed by atoms with E-state index in [4.69, 9.17) is 0 Å². The number of anilines is 1. The van der Waals surface area contributed by atoms with Gasteiger partial charge in [0.05, 0.1) is 5.69 Å². The van der Waals surface area contributed by atoms with E-state index in [0.717, 1.165) is 4.90 Å². The molecule has 2 N–H and O–H groups in total. The van der Waals surface area contributed by atoms with E-state index in [1.165, 1.54) is 24.0 Å². The SMILES string of the molecule is CSc1ccccc1NC(=O)c1ncccc1O. The van der Waals surface area contributed by atoms with Crippen LogP contribution in [-0.2, 0) is 0 Å². The maximum Gasteiger partial charge on any atom is 0.278 e. The molecule has 0 fully saturated rings. The summed E-state index contributed by atoms with van der Waals surface area (Å²) in [6.07, 6.45) is 3.40. The zero-order chi connectivity index (χ0) is 13.0. The van der Waals surface area contributed by atoms with Gasteiger partial charge in [0.25, 0.3) is 5.91 Å². The van der Waals surface area contributed by atoms with Crippen molar-refractivity contribution in [1.82, 2.24) is 4.98 Å². The summed E-state index contributed by atoms with van der Waals surface area (Å²) in [5.41, 5.74) is 0.730. The molecule has 1 aromatic carbocycles. The second-order valence-corrected chi connectivity index (χ2v) is 4.37. The Hall–Kier alpha value is -2.01. The average Bonchev–Trinajstić information content (AvgIpc) is 2.39. The molecule has 2 aromatic rings. The van der Waals surface area contributed by atoms with E-state index < -0.39 is 5.91 Å². The number of hydrogen-bond donors (Lipinski definition) is 2. The maximum absolute atomic E-state index is 12.0. The minimum Gasteiger partial charge on any atom is -0.505 e. The molecular weight excluding hydrogens is 248 g/mol. The fraction of sp³-hybridized carbons (Fsp3) is 0.0769. The summed E-state index contributed by atoms with van der Waals surface area (Å²) in [6, 6.07) is 10.5. The van der Waals surface area contributed by atoms with Crippen molar-refractivity contribution in [1.29, 1.82) is 0 Å². The van der Waals surface area contributed by atoms with Gasteiger partial charge in [-0.05, 0) is 30.5 Å². The van der Waals surface area contributed by atoms with Gasteiger partial charge in [0.15, 0.2) is 5.69 Å². The second kappa shape index (κ2) is 5.55. The standard InChI is InChI=1S/C13H12N2O2S/c1-18-11-7-3-2-5-9(11)15-13(17)12-10(16)6-4-8-14-12/h2-8,16H,1H3,(H,15,17). The van der Waals surface area contributed by atoms with Crippen LogP contribution in [0.4, 0.5) is 5.69 Å². The van der Waals surface area contributed by atoms with Gasteiger partial charge in [-0.3, -0.25) is 4.79 Å². The van der Waals surface area contributed by atoms with Gasteiger partial charge < -0.3 is 10.4 Å². The Kier molecular flexibility index (Phi) is 3.84. The zero-order valence-corrected chi connectivity index (χ0v) is 10.6. The molecule has 1 aromatic heterocycles. The summed E-state index contributed by atoms with van der Waals surface area (Å²) in [7, 11) is 0. The third-order valence-electron chi connectivity index (χ3n) is 2.36. The van der Waals surface area contributed by atoms with E-state index in [-0.39, 0.29) is 11.4 Å². The first-order chi connectivity index (χ1) is 8.72. The zero-order valence-electron chi connectivity index (χ0n) is 9.75. The molecule has 0 atom stereocenters. The van der Waals surface area contributed by atoms with E-state index >= 15 is 0 Å². The molecule has 1 heterocycles. The van der Waals surface area contributed by atoms with Crippen LogP contribution in [0.5, 0.6) is 5.75 Å². The number of carbonyl (C=O) groups excluding carboxylic acids is 1. The molecule has 0 spiro atoms. The third-order valence-corrected chi connectivity index (χ3v) is 3.15. The van der Waals surface area contributed by atoms with Crippen LogP contribution < -0.4 is 5.32 Å². The fourth-order valence-electron chi connectivity index (χ4n) is 1.50. The summed E-state index contributed by atoms with van der Waals surface area (Å²) < 4.78 is 0. The molecule has 5 heteroatoms. The average molecular weight is 260 g/mol. The Morgan fingerprint density at radius 3 is 2.78 bits per heavy atom. The number of amides is 1. The number of aromatic hydroxyl groups is 1. The minimum atomic E-state index is -0.422. The molecule has 4 nitrogen and oxygen atoms in total. The molecule has 0 radical (unpaired) electrons. The van der Waals surface area contributed by atoms with Crippen LogP contribution in [0, 0.1) is 0 Å². The van der Waals surface area contributed by atoms with E-state index in [1.807, 2.05) is 30.5 Å². The van der Waals surface area contributed by atoms with Crippen LogP contribution in [0.2, 0.25) is 0 Å². The van der Waals surface area contributed by atoms with Crippen molar-refractivity contribution in [3.63, 3.8) is 0 Å². The highest BCUT2D eigenvalue weighted by Crippen LogP contribution is 2.25. The van der Waals surface area contributed by atoms with Crippen molar-refractivity contribution in [2.75, 3.05) is 11.6 Å². The van der Waals surface area contributed by atoms with Gasteiger partial charge in [-0.2, -0.15) is 0 Å². The van der Waals surface area contributed by atoms with Crippen LogP contribution in [0.3, 0.4) is 0 Å². The molecule has 0 saturated carbocycles.